The smallest absolute Gasteiger partial charge is 0.135 e. The molecule has 0 spiro atoms. The number of aromatic nitrogens is 2. The quantitative estimate of drug-likeness (QED) is 0.854. The van der Waals surface area contributed by atoms with Crippen molar-refractivity contribution in [2.75, 3.05) is 31.7 Å². The van der Waals surface area contributed by atoms with Crippen LogP contribution in [0.15, 0.2) is 0 Å². The van der Waals surface area contributed by atoms with Gasteiger partial charge >= 0.3 is 0 Å². The Morgan fingerprint density at radius 1 is 1.26 bits per heavy atom. The predicted octanol–water partition coefficient (Wildman–Crippen LogP) is 2.24. The Bertz CT molecular complexity index is 438. The topological polar surface area (TPSA) is 67.1 Å². The van der Waals surface area contributed by atoms with Crippen molar-refractivity contribution < 1.29 is 0 Å². The van der Waals surface area contributed by atoms with Crippen molar-refractivity contribution in [1.29, 1.82) is 0 Å². The molecule has 0 saturated heterocycles. The van der Waals surface area contributed by atoms with Crippen molar-refractivity contribution >= 4 is 11.6 Å². The molecule has 0 fully saturated rings. The summed E-state index contributed by atoms with van der Waals surface area (Å²) in [7, 11) is 4.14. The van der Waals surface area contributed by atoms with E-state index in [0.29, 0.717) is 5.82 Å². The average Bonchev–Trinajstić information content (AvgIpc) is 2.30. The van der Waals surface area contributed by atoms with Crippen LogP contribution in [0.3, 0.4) is 0 Å². The molecular formula is C14H27N5. The molecule has 0 bridgehead atoms. The van der Waals surface area contributed by atoms with Gasteiger partial charge in [-0.05, 0) is 34.9 Å². The first kappa shape index (κ1) is 15.7. The van der Waals surface area contributed by atoms with Gasteiger partial charge in [-0.2, -0.15) is 0 Å². The van der Waals surface area contributed by atoms with Crippen LogP contribution in [0.4, 0.5) is 11.6 Å². The molecule has 0 aliphatic rings. The molecule has 0 unspecified atom stereocenters. The number of nitrogens with zero attached hydrogens (tertiary/aromatic N) is 3. The number of likely N-dealkylation sites (N-methyl/N-ethyl adjacent to an activating group) is 1. The zero-order valence-electron chi connectivity index (χ0n) is 13.2. The fourth-order valence-electron chi connectivity index (χ4n) is 1.44. The van der Waals surface area contributed by atoms with E-state index >= 15 is 0 Å². The second-order valence-corrected chi connectivity index (χ2v) is 6.16. The first-order valence-electron chi connectivity index (χ1n) is 6.70. The van der Waals surface area contributed by atoms with E-state index in [1.807, 2.05) is 6.92 Å². The summed E-state index contributed by atoms with van der Waals surface area (Å²) in [4.78, 5) is 11.1. The molecule has 19 heavy (non-hydrogen) atoms. The lowest BCUT2D eigenvalue weighted by atomic mass is 10.0. The lowest BCUT2D eigenvalue weighted by molar-refractivity contribution is 0.210. The number of anilines is 2. The highest BCUT2D eigenvalue weighted by molar-refractivity contribution is 5.55. The van der Waals surface area contributed by atoms with Crippen molar-refractivity contribution in [2.45, 2.75) is 46.1 Å². The van der Waals surface area contributed by atoms with E-state index in [4.69, 9.17) is 5.73 Å². The summed E-state index contributed by atoms with van der Waals surface area (Å²) in [5.74, 6) is 2.45. The molecule has 0 aliphatic heterocycles. The molecule has 0 aromatic carbocycles. The fourth-order valence-corrected chi connectivity index (χ4v) is 1.44. The number of nitrogens with two attached hydrogens (primary N) is 1. The molecule has 1 aromatic rings. The summed E-state index contributed by atoms with van der Waals surface area (Å²) in [6.07, 6.45) is 0. The molecule has 0 atom stereocenters. The minimum absolute atomic E-state index is 0.0458. The second-order valence-electron chi connectivity index (χ2n) is 6.16. The third kappa shape index (κ3) is 3.80. The Morgan fingerprint density at radius 2 is 1.84 bits per heavy atom. The molecule has 5 heteroatoms. The maximum absolute atomic E-state index is 5.96. The molecule has 0 saturated carbocycles. The summed E-state index contributed by atoms with van der Waals surface area (Å²) < 4.78 is 0. The molecule has 3 N–H and O–H groups in total. The van der Waals surface area contributed by atoms with Crippen molar-refractivity contribution in [3.63, 3.8) is 0 Å². The Morgan fingerprint density at radius 3 is 2.32 bits per heavy atom. The van der Waals surface area contributed by atoms with E-state index in [0.717, 1.165) is 23.8 Å². The molecule has 0 radical (unpaired) electrons. The second kappa shape index (κ2) is 5.74. The van der Waals surface area contributed by atoms with E-state index in [9.17, 15) is 0 Å². The SMILES string of the molecule is Cc1c(N)nc(C(C)C)nc1NCC(C)(C)N(C)C. The minimum Gasteiger partial charge on any atom is -0.383 e. The zero-order chi connectivity index (χ0) is 14.8. The molecule has 0 amide bonds. The van der Waals surface area contributed by atoms with Crippen molar-refractivity contribution in [3.05, 3.63) is 11.4 Å². The van der Waals surface area contributed by atoms with Crippen LogP contribution in [0.1, 0.15) is 45.0 Å². The van der Waals surface area contributed by atoms with Gasteiger partial charge in [-0.3, -0.25) is 0 Å². The first-order valence-corrected chi connectivity index (χ1v) is 6.70. The molecule has 0 aliphatic carbocycles. The lowest BCUT2D eigenvalue weighted by Gasteiger charge is -2.33. The molecule has 5 nitrogen and oxygen atoms in total. The van der Waals surface area contributed by atoms with Crippen LogP contribution < -0.4 is 11.1 Å². The van der Waals surface area contributed by atoms with Gasteiger partial charge in [0.15, 0.2) is 0 Å². The fraction of sp³-hybridized carbons (Fsp3) is 0.714. The highest BCUT2D eigenvalue weighted by atomic mass is 15.2. The summed E-state index contributed by atoms with van der Waals surface area (Å²) in [5, 5.41) is 3.40. The van der Waals surface area contributed by atoms with Crippen LogP contribution in [0.25, 0.3) is 0 Å². The van der Waals surface area contributed by atoms with Gasteiger partial charge in [0.05, 0.1) is 0 Å². The van der Waals surface area contributed by atoms with Gasteiger partial charge in [0.25, 0.3) is 0 Å². The highest BCUT2D eigenvalue weighted by Gasteiger charge is 2.21. The molecule has 1 heterocycles. The van der Waals surface area contributed by atoms with Gasteiger partial charge in [0, 0.05) is 23.6 Å². The molecular weight excluding hydrogens is 238 g/mol. The van der Waals surface area contributed by atoms with Crippen LogP contribution in [-0.2, 0) is 0 Å². The summed E-state index contributed by atoms with van der Waals surface area (Å²) in [5.41, 5.74) is 6.92. The zero-order valence-corrected chi connectivity index (χ0v) is 13.2. The van der Waals surface area contributed by atoms with Crippen LogP contribution in [0.2, 0.25) is 0 Å². The Balaban J connectivity index is 2.95. The van der Waals surface area contributed by atoms with Crippen molar-refractivity contribution in [2.24, 2.45) is 0 Å². The number of nitrogens with one attached hydrogen (secondary N) is 1. The standard InChI is InChI=1S/C14H27N5/c1-9(2)12-17-11(15)10(3)13(18-12)16-8-14(4,5)19(6)7/h9H,8H2,1-7H3,(H3,15,16,17,18). The number of hydrogen-bond acceptors (Lipinski definition) is 5. The van der Waals surface area contributed by atoms with Gasteiger partial charge in [-0.25, -0.2) is 9.97 Å². The van der Waals surface area contributed by atoms with E-state index in [1.54, 1.807) is 0 Å². The average molecular weight is 265 g/mol. The molecule has 108 valence electrons. The predicted molar refractivity (Wildman–Crippen MR) is 81.5 cm³/mol. The van der Waals surface area contributed by atoms with Gasteiger partial charge in [0.1, 0.15) is 17.5 Å². The highest BCUT2D eigenvalue weighted by Crippen LogP contribution is 2.22. The van der Waals surface area contributed by atoms with Crippen LogP contribution in [-0.4, -0.2) is 41.0 Å². The largest absolute Gasteiger partial charge is 0.383 e. The monoisotopic (exact) mass is 265 g/mol. The number of hydrogen-bond donors (Lipinski definition) is 2. The summed E-state index contributed by atoms with van der Waals surface area (Å²) in [6.45, 7) is 11.3. The van der Waals surface area contributed by atoms with Crippen LogP contribution >= 0.6 is 0 Å². The summed E-state index contributed by atoms with van der Waals surface area (Å²) in [6, 6.07) is 0. The van der Waals surface area contributed by atoms with E-state index in [2.05, 4.69) is 62.0 Å². The van der Waals surface area contributed by atoms with Crippen LogP contribution in [0.5, 0.6) is 0 Å². The Labute approximate surface area is 116 Å². The van der Waals surface area contributed by atoms with Crippen LogP contribution in [0, 0.1) is 6.92 Å². The van der Waals surface area contributed by atoms with Gasteiger partial charge < -0.3 is 16.0 Å². The van der Waals surface area contributed by atoms with E-state index in [1.165, 1.54) is 0 Å². The van der Waals surface area contributed by atoms with E-state index < -0.39 is 0 Å². The van der Waals surface area contributed by atoms with Gasteiger partial charge in [-0.1, -0.05) is 13.8 Å². The lowest BCUT2D eigenvalue weighted by Crippen LogP contribution is -2.44. The van der Waals surface area contributed by atoms with E-state index in [-0.39, 0.29) is 11.5 Å². The van der Waals surface area contributed by atoms with Gasteiger partial charge in [-0.15, -0.1) is 0 Å². The minimum atomic E-state index is 0.0458. The molecule has 1 rings (SSSR count). The summed E-state index contributed by atoms with van der Waals surface area (Å²) >= 11 is 0. The third-order valence-electron chi connectivity index (χ3n) is 3.62. The maximum atomic E-state index is 5.96. The number of nitrogen functional groups attached to an aromatic ring is 1. The van der Waals surface area contributed by atoms with Crippen molar-refractivity contribution in [3.8, 4) is 0 Å². The number of rotatable bonds is 5. The normalized spacial score (nSPS) is 12.3. The Hall–Kier alpha value is -1.36. The first-order chi connectivity index (χ1) is 8.65. The Kier molecular flexibility index (Phi) is 4.74. The van der Waals surface area contributed by atoms with Gasteiger partial charge in [0.2, 0.25) is 0 Å². The third-order valence-corrected chi connectivity index (χ3v) is 3.62. The van der Waals surface area contributed by atoms with Crippen molar-refractivity contribution in [1.82, 2.24) is 14.9 Å². The molecule has 1 aromatic heterocycles. The maximum Gasteiger partial charge on any atom is 0.135 e.